The van der Waals surface area contributed by atoms with Crippen molar-refractivity contribution in [3.05, 3.63) is 137 Å². The summed E-state index contributed by atoms with van der Waals surface area (Å²) in [6.45, 7) is 5.63. The highest BCUT2D eigenvalue weighted by atomic mass is 16.5. The summed E-state index contributed by atoms with van der Waals surface area (Å²) in [7, 11) is 0. The number of rotatable bonds is 9. The Morgan fingerprint density at radius 1 is 0.875 bits per heavy atom. The van der Waals surface area contributed by atoms with Crippen LogP contribution in [0.4, 0.5) is 0 Å². The van der Waals surface area contributed by atoms with Crippen LogP contribution in [0.5, 0.6) is 0 Å². The maximum atomic E-state index is 13.8. The summed E-state index contributed by atoms with van der Waals surface area (Å²) in [6.07, 6.45) is 7.93. The van der Waals surface area contributed by atoms with Crippen LogP contribution in [0.25, 0.3) is 22.4 Å². The maximum Gasteiger partial charge on any atom is 0.337 e. The van der Waals surface area contributed by atoms with Gasteiger partial charge in [0.1, 0.15) is 11.3 Å². The van der Waals surface area contributed by atoms with E-state index < -0.39 is 17.9 Å². The molecule has 1 N–H and O–H groups in total. The normalized spacial score (nSPS) is 14.3. The van der Waals surface area contributed by atoms with E-state index in [1.165, 1.54) is 0 Å². The Morgan fingerprint density at radius 2 is 1.65 bits per heavy atom. The topological polar surface area (TPSA) is 108 Å². The summed E-state index contributed by atoms with van der Waals surface area (Å²) in [5.41, 5.74) is 7.25. The Morgan fingerprint density at radius 3 is 2.40 bits per heavy atom. The van der Waals surface area contributed by atoms with Gasteiger partial charge in [-0.25, -0.2) is 14.6 Å². The maximum absolute atomic E-state index is 13.8. The summed E-state index contributed by atoms with van der Waals surface area (Å²) in [5.74, 6) is 5.07. The van der Waals surface area contributed by atoms with E-state index in [0.717, 1.165) is 39.2 Å². The average molecular weight is 638 g/mol. The molecule has 4 heterocycles. The minimum absolute atomic E-state index is 0.110. The number of nitrogens with zero attached hydrogens (tertiary/aromatic N) is 4. The van der Waals surface area contributed by atoms with Gasteiger partial charge in [0, 0.05) is 41.5 Å². The van der Waals surface area contributed by atoms with Crippen molar-refractivity contribution in [1.29, 1.82) is 0 Å². The molecule has 9 nitrogen and oxygen atoms in total. The van der Waals surface area contributed by atoms with E-state index in [9.17, 15) is 9.59 Å². The number of carbonyl (C=O) groups excluding carboxylic acids is 2. The molecule has 1 unspecified atom stereocenters. The number of hydrogen-bond donors (Lipinski definition) is 1. The minimum atomic E-state index is -0.591. The van der Waals surface area contributed by atoms with Crippen LogP contribution >= 0.6 is 0 Å². The van der Waals surface area contributed by atoms with E-state index in [1.54, 1.807) is 37.8 Å². The number of esters is 2. The predicted molar refractivity (Wildman–Crippen MR) is 183 cm³/mol. The number of nitrogens with one attached hydrogen (secondary N) is 1. The van der Waals surface area contributed by atoms with E-state index in [0.29, 0.717) is 35.4 Å². The second-order valence-corrected chi connectivity index (χ2v) is 11.3. The molecule has 0 bridgehead atoms. The molecular formula is C39H35N5O4. The smallest absolute Gasteiger partial charge is 0.337 e. The molecule has 6 rings (SSSR count). The van der Waals surface area contributed by atoms with Crippen molar-refractivity contribution in [3.8, 4) is 17.5 Å². The molecule has 0 amide bonds. The van der Waals surface area contributed by atoms with Gasteiger partial charge in [0.05, 0.1) is 35.2 Å². The van der Waals surface area contributed by atoms with Gasteiger partial charge in [-0.05, 0) is 75.1 Å². The van der Waals surface area contributed by atoms with Gasteiger partial charge in [0.25, 0.3) is 0 Å². The van der Waals surface area contributed by atoms with Gasteiger partial charge in [-0.1, -0.05) is 54.3 Å². The number of imidazole rings is 1. The highest BCUT2D eigenvalue weighted by molar-refractivity contribution is 6.03. The number of allylic oxidation sites excluding steroid dienone is 1. The molecule has 1 atom stereocenters. The number of pyridine rings is 2. The Labute approximate surface area is 279 Å². The molecule has 0 aliphatic carbocycles. The number of aromatic nitrogens is 4. The number of hydrogen-bond acceptors (Lipinski definition) is 8. The lowest BCUT2D eigenvalue weighted by atomic mass is 9.80. The van der Waals surface area contributed by atoms with Gasteiger partial charge in [0.15, 0.2) is 6.61 Å². The van der Waals surface area contributed by atoms with Crippen molar-refractivity contribution >= 4 is 28.7 Å². The molecule has 0 saturated heterocycles. The number of ether oxygens (including phenoxy) is 2. The summed E-state index contributed by atoms with van der Waals surface area (Å²) >= 11 is 0. The predicted octanol–water partition coefficient (Wildman–Crippen LogP) is 6.12. The van der Waals surface area contributed by atoms with Crippen LogP contribution in [0.1, 0.15) is 42.8 Å². The number of dihydropyridines is 1. The number of benzene rings is 2. The Kier molecular flexibility index (Phi) is 9.72. The Hall–Kier alpha value is -6.01. The van der Waals surface area contributed by atoms with Crippen LogP contribution in [-0.2, 0) is 25.5 Å². The fraction of sp³-hybridized carbons (Fsp3) is 0.205. The largest absolute Gasteiger partial charge is 0.463 e. The minimum Gasteiger partial charge on any atom is -0.463 e. The van der Waals surface area contributed by atoms with Gasteiger partial charge in [-0.2, -0.15) is 0 Å². The average Bonchev–Trinajstić information content (AvgIpc) is 3.45. The van der Waals surface area contributed by atoms with Gasteiger partial charge in [-0.15, -0.1) is 0 Å². The van der Waals surface area contributed by atoms with Crippen LogP contribution in [-0.4, -0.2) is 44.7 Å². The van der Waals surface area contributed by atoms with Gasteiger partial charge < -0.3 is 14.8 Å². The standard InChI is InChI=1S/C39H35N5O4/c1-4-47-39(46)36-32(19-14-28-10-6-5-7-11-28)35(38(45)48-23-9-13-29-12-8-21-40-24-29)26(2)42-37(36)30-15-17-31(18-16-30)44-27(3)43-33-25-41-22-20-34(33)44/h5-8,10-12,15-18,20-22,24-25,32,42H,4,14,19,23H2,1-3H3. The molecule has 0 spiro atoms. The second-order valence-electron chi connectivity index (χ2n) is 11.3. The molecule has 5 aromatic rings. The van der Waals surface area contributed by atoms with Crippen LogP contribution in [0.15, 0.2) is 114 Å². The summed E-state index contributed by atoms with van der Waals surface area (Å²) in [6, 6.07) is 23.5. The van der Waals surface area contributed by atoms with Crippen LogP contribution in [0.3, 0.4) is 0 Å². The summed E-state index contributed by atoms with van der Waals surface area (Å²) in [4.78, 5) is 40.4. The molecule has 48 heavy (non-hydrogen) atoms. The van der Waals surface area contributed by atoms with Crippen molar-refractivity contribution in [2.24, 2.45) is 5.92 Å². The summed E-state index contributed by atoms with van der Waals surface area (Å²) < 4.78 is 13.3. The first kappa shape index (κ1) is 32.0. The highest BCUT2D eigenvalue weighted by Gasteiger charge is 2.38. The number of aryl methyl sites for hydroxylation is 2. The summed E-state index contributed by atoms with van der Waals surface area (Å²) in [5, 5.41) is 3.38. The quantitative estimate of drug-likeness (QED) is 0.152. The Bertz CT molecular complexity index is 2070. The SMILES string of the molecule is CCOC(=O)C1=C(c2ccc(-n3c(C)nc4cnccc43)cc2)NC(C)=C(C(=O)OCC#Cc2cccnc2)C1CCc1ccccc1. The third-order valence-corrected chi connectivity index (χ3v) is 8.17. The number of fused-ring (bicyclic) bond motifs is 1. The third kappa shape index (κ3) is 6.88. The molecular weight excluding hydrogens is 602 g/mol. The monoisotopic (exact) mass is 637 g/mol. The number of carbonyl (C=O) groups is 2. The molecule has 0 saturated carbocycles. The lowest BCUT2D eigenvalue weighted by molar-refractivity contribution is -0.139. The van der Waals surface area contributed by atoms with Crippen molar-refractivity contribution in [1.82, 2.24) is 24.8 Å². The fourth-order valence-electron chi connectivity index (χ4n) is 6.03. The third-order valence-electron chi connectivity index (χ3n) is 8.17. The molecule has 0 fully saturated rings. The molecule has 2 aromatic carbocycles. The van der Waals surface area contributed by atoms with Crippen molar-refractivity contribution in [3.63, 3.8) is 0 Å². The zero-order valence-corrected chi connectivity index (χ0v) is 27.1. The van der Waals surface area contributed by atoms with Crippen LogP contribution in [0, 0.1) is 24.7 Å². The fourth-order valence-corrected chi connectivity index (χ4v) is 6.03. The van der Waals surface area contributed by atoms with E-state index >= 15 is 0 Å². The van der Waals surface area contributed by atoms with Gasteiger partial charge in [-0.3, -0.25) is 14.5 Å². The molecule has 0 radical (unpaired) electrons. The lowest BCUT2D eigenvalue weighted by Gasteiger charge is -2.31. The van der Waals surface area contributed by atoms with Gasteiger partial charge >= 0.3 is 11.9 Å². The second kappa shape index (κ2) is 14.6. The van der Waals surface area contributed by atoms with Crippen molar-refractivity contribution < 1.29 is 19.1 Å². The molecule has 9 heteroatoms. The lowest BCUT2D eigenvalue weighted by Crippen LogP contribution is -2.34. The molecule has 1 aliphatic heterocycles. The Balaban J connectivity index is 1.36. The van der Waals surface area contributed by atoms with E-state index in [-0.39, 0.29) is 13.2 Å². The van der Waals surface area contributed by atoms with Crippen LogP contribution in [0.2, 0.25) is 0 Å². The van der Waals surface area contributed by atoms with Crippen LogP contribution < -0.4 is 5.32 Å². The highest BCUT2D eigenvalue weighted by Crippen LogP contribution is 2.38. The van der Waals surface area contributed by atoms with Crippen molar-refractivity contribution in [2.45, 2.75) is 33.6 Å². The molecule has 1 aliphatic rings. The van der Waals surface area contributed by atoms with Gasteiger partial charge in [0.2, 0.25) is 0 Å². The van der Waals surface area contributed by atoms with E-state index in [1.807, 2.05) is 80.6 Å². The first-order valence-corrected chi connectivity index (χ1v) is 15.8. The molecule has 3 aromatic heterocycles. The van der Waals surface area contributed by atoms with E-state index in [2.05, 4.69) is 36.7 Å². The molecule has 240 valence electrons. The first-order chi connectivity index (χ1) is 23.4. The first-order valence-electron chi connectivity index (χ1n) is 15.8. The van der Waals surface area contributed by atoms with Crippen molar-refractivity contribution in [2.75, 3.05) is 13.2 Å². The zero-order valence-electron chi connectivity index (χ0n) is 27.1. The van der Waals surface area contributed by atoms with E-state index in [4.69, 9.17) is 9.47 Å². The zero-order chi connectivity index (χ0) is 33.5.